The SMILES string of the molecule is CC(CC(=O)O)c1ccc(NC(=O)C2CCNC2C)cc1. The number of hydrogen-bond acceptors (Lipinski definition) is 3. The van der Waals surface area contributed by atoms with Crippen LogP contribution in [-0.2, 0) is 9.59 Å². The third-order valence-electron chi connectivity index (χ3n) is 4.09. The zero-order valence-corrected chi connectivity index (χ0v) is 12.4. The molecule has 1 aromatic carbocycles. The van der Waals surface area contributed by atoms with E-state index in [1.54, 1.807) is 0 Å². The molecule has 3 atom stereocenters. The van der Waals surface area contributed by atoms with Gasteiger partial charge in [-0.05, 0) is 43.5 Å². The standard InChI is InChI=1S/C16H22N2O3/c1-10(9-15(19)20)12-3-5-13(6-4-12)18-16(21)14-7-8-17-11(14)2/h3-6,10-11,14,17H,7-9H2,1-2H3,(H,18,21)(H,19,20). The van der Waals surface area contributed by atoms with Gasteiger partial charge in [0.1, 0.15) is 0 Å². The highest BCUT2D eigenvalue weighted by Crippen LogP contribution is 2.22. The Morgan fingerprint density at radius 1 is 1.38 bits per heavy atom. The molecule has 3 unspecified atom stereocenters. The first-order chi connectivity index (χ1) is 9.97. The summed E-state index contributed by atoms with van der Waals surface area (Å²) < 4.78 is 0. The van der Waals surface area contributed by atoms with Crippen molar-refractivity contribution in [2.75, 3.05) is 11.9 Å². The number of anilines is 1. The maximum absolute atomic E-state index is 12.2. The molecule has 0 saturated carbocycles. The number of carboxylic acids is 1. The van der Waals surface area contributed by atoms with Gasteiger partial charge >= 0.3 is 5.97 Å². The third kappa shape index (κ3) is 4.04. The van der Waals surface area contributed by atoms with Crippen LogP contribution in [-0.4, -0.2) is 29.6 Å². The van der Waals surface area contributed by atoms with E-state index in [1.807, 2.05) is 38.1 Å². The molecule has 114 valence electrons. The first-order valence-electron chi connectivity index (χ1n) is 7.33. The van der Waals surface area contributed by atoms with Crippen LogP contribution in [0.1, 0.15) is 38.2 Å². The highest BCUT2D eigenvalue weighted by atomic mass is 16.4. The lowest BCUT2D eigenvalue weighted by atomic mass is 9.97. The second-order valence-electron chi connectivity index (χ2n) is 5.75. The Labute approximate surface area is 124 Å². The number of hydrogen-bond donors (Lipinski definition) is 3. The maximum atomic E-state index is 12.2. The molecule has 2 rings (SSSR count). The van der Waals surface area contributed by atoms with Gasteiger partial charge in [-0.15, -0.1) is 0 Å². The Morgan fingerprint density at radius 3 is 2.57 bits per heavy atom. The van der Waals surface area contributed by atoms with Gasteiger partial charge in [0, 0.05) is 11.7 Å². The third-order valence-corrected chi connectivity index (χ3v) is 4.09. The van der Waals surface area contributed by atoms with Gasteiger partial charge in [-0.1, -0.05) is 19.1 Å². The Balaban J connectivity index is 1.96. The zero-order chi connectivity index (χ0) is 15.4. The number of benzene rings is 1. The average Bonchev–Trinajstić information content (AvgIpc) is 2.85. The van der Waals surface area contributed by atoms with Gasteiger partial charge in [-0.2, -0.15) is 0 Å². The quantitative estimate of drug-likeness (QED) is 0.777. The van der Waals surface area contributed by atoms with Crippen LogP contribution >= 0.6 is 0 Å². The minimum Gasteiger partial charge on any atom is -0.481 e. The Bertz CT molecular complexity index is 513. The molecular weight excluding hydrogens is 268 g/mol. The van der Waals surface area contributed by atoms with Crippen LogP contribution in [0.4, 0.5) is 5.69 Å². The fraction of sp³-hybridized carbons (Fsp3) is 0.500. The lowest BCUT2D eigenvalue weighted by Crippen LogP contribution is -2.32. The fourth-order valence-electron chi connectivity index (χ4n) is 2.73. The van der Waals surface area contributed by atoms with E-state index < -0.39 is 5.97 Å². The van der Waals surface area contributed by atoms with Crippen molar-refractivity contribution in [1.29, 1.82) is 0 Å². The molecule has 0 aliphatic carbocycles. The van der Waals surface area contributed by atoms with Crippen molar-refractivity contribution in [3.8, 4) is 0 Å². The predicted molar refractivity (Wildman–Crippen MR) is 81.3 cm³/mol. The lowest BCUT2D eigenvalue weighted by molar-refractivity contribution is -0.137. The van der Waals surface area contributed by atoms with Crippen molar-refractivity contribution in [2.24, 2.45) is 5.92 Å². The maximum Gasteiger partial charge on any atom is 0.303 e. The van der Waals surface area contributed by atoms with Crippen LogP contribution in [0.25, 0.3) is 0 Å². The largest absolute Gasteiger partial charge is 0.481 e. The molecule has 5 heteroatoms. The predicted octanol–water partition coefficient (Wildman–Crippen LogP) is 2.20. The van der Waals surface area contributed by atoms with Crippen LogP contribution in [0.15, 0.2) is 24.3 Å². The minimum absolute atomic E-state index is 0.00982. The number of aliphatic carboxylic acids is 1. The van der Waals surface area contributed by atoms with Crippen molar-refractivity contribution >= 4 is 17.6 Å². The summed E-state index contributed by atoms with van der Waals surface area (Å²) >= 11 is 0. The summed E-state index contributed by atoms with van der Waals surface area (Å²) in [6.45, 7) is 4.78. The van der Waals surface area contributed by atoms with Crippen molar-refractivity contribution in [1.82, 2.24) is 5.32 Å². The van der Waals surface area contributed by atoms with Crippen LogP contribution in [0.3, 0.4) is 0 Å². The normalized spacial score (nSPS) is 22.8. The van der Waals surface area contributed by atoms with E-state index in [-0.39, 0.29) is 30.2 Å². The van der Waals surface area contributed by atoms with Gasteiger partial charge in [0.05, 0.1) is 12.3 Å². The number of carbonyl (C=O) groups is 2. The summed E-state index contributed by atoms with van der Waals surface area (Å²) in [6.07, 6.45) is 0.970. The van der Waals surface area contributed by atoms with E-state index in [9.17, 15) is 9.59 Å². The highest BCUT2D eigenvalue weighted by Gasteiger charge is 2.29. The van der Waals surface area contributed by atoms with Crippen LogP contribution in [0.5, 0.6) is 0 Å². The van der Waals surface area contributed by atoms with Crippen molar-refractivity contribution < 1.29 is 14.7 Å². The Kier molecular flexibility index (Phi) is 4.96. The van der Waals surface area contributed by atoms with Gasteiger partial charge in [0.2, 0.25) is 5.91 Å². The number of amides is 1. The molecule has 0 bridgehead atoms. The lowest BCUT2D eigenvalue weighted by Gasteiger charge is -2.15. The number of nitrogens with one attached hydrogen (secondary N) is 2. The second kappa shape index (κ2) is 6.72. The van der Waals surface area contributed by atoms with Crippen molar-refractivity contribution in [3.05, 3.63) is 29.8 Å². The van der Waals surface area contributed by atoms with Crippen LogP contribution in [0, 0.1) is 5.92 Å². The van der Waals surface area contributed by atoms with E-state index in [0.29, 0.717) is 0 Å². The average molecular weight is 290 g/mol. The van der Waals surface area contributed by atoms with Crippen LogP contribution in [0.2, 0.25) is 0 Å². The monoisotopic (exact) mass is 290 g/mol. The second-order valence-corrected chi connectivity index (χ2v) is 5.75. The summed E-state index contributed by atoms with van der Waals surface area (Å²) in [4.78, 5) is 22.9. The molecular formula is C16H22N2O3. The van der Waals surface area contributed by atoms with E-state index in [1.165, 1.54) is 0 Å². The molecule has 0 radical (unpaired) electrons. The van der Waals surface area contributed by atoms with Gasteiger partial charge in [-0.25, -0.2) is 0 Å². The molecule has 1 aromatic rings. The fourth-order valence-corrected chi connectivity index (χ4v) is 2.73. The smallest absolute Gasteiger partial charge is 0.303 e. The summed E-state index contributed by atoms with van der Waals surface area (Å²) in [5.41, 5.74) is 1.72. The molecule has 1 aliphatic heterocycles. The Morgan fingerprint density at radius 2 is 2.05 bits per heavy atom. The molecule has 1 saturated heterocycles. The molecule has 1 amide bonds. The van der Waals surface area contributed by atoms with Gasteiger partial charge in [0.15, 0.2) is 0 Å². The first kappa shape index (κ1) is 15.5. The number of carbonyl (C=O) groups excluding carboxylic acids is 1. The Hall–Kier alpha value is -1.88. The van der Waals surface area contributed by atoms with Gasteiger partial charge < -0.3 is 15.7 Å². The molecule has 1 fully saturated rings. The molecule has 0 aromatic heterocycles. The topological polar surface area (TPSA) is 78.4 Å². The summed E-state index contributed by atoms with van der Waals surface area (Å²) in [5.74, 6) is -0.789. The minimum atomic E-state index is -0.803. The van der Waals surface area contributed by atoms with E-state index in [4.69, 9.17) is 5.11 Å². The number of rotatable bonds is 5. The highest BCUT2D eigenvalue weighted by molar-refractivity contribution is 5.93. The summed E-state index contributed by atoms with van der Waals surface area (Å²) in [5, 5.41) is 15.0. The summed E-state index contributed by atoms with van der Waals surface area (Å²) in [6, 6.07) is 7.62. The first-order valence-corrected chi connectivity index (χ1v) is 7.33. The number of carboxylic acid groups (broad SMARTS) is 1. The van der Waals surface area contributed by atoms with E-state index in [2.05, 4.69) is 10.6 Å². The molecule has 3 N–H and O–H groups in total. The molecule has 21 heavy (non-hydrogen) atoms. The summed E-state index contributed by atoms with van der Waals surface area (Å²) in [7, 11) is 0. The molecule has 1 heterocycles. The zero-order valence-electron chi connectivity index (χ0n) is 12.4. The van der Waals surface area contributed by atoms with Crippen molar-refractivity contribution in [2.45, 2.75) is 38.6 Å². The molecule has 5 nitrogen and oxygen atoms in total. The molecule has 1 aliphatic rings. The van der Waals surface area contributed by atoms with Gasteiger partial charge in [-0.3, -0.25) is 9.59 Å². The van der Waals surface area contributed by atoms with Gasteiger partial charge in [0.25, 0.3) is 0 Å². The van der Waals surface area contributed by atoms with E-state index in [0.717, 1.165) is 24.2 Å². The molecule has 0 spiro atoms. The van der Waals surface area contributed by atoms with Crippen molar-refractivity contribution in [3.63, 3.8) is 0 Å². The van der Waals surface area contributed by atoms with E-state index >= 15 is 0 Å². The van der Waals surface area contributed by atoms with Crippen LogP contribution < -0.4 is 10.6 Å².